The quantitative estimate of drug-likeness (QED) is 0.475. The molecule has 2 aliphatic rings. The number of aryl methyl sites for hydroxylation is 1. The molecule has 0 unspecified atom stereocenters. The summed E-state index contributed by atoms with van der Waals surface area (Å²) in [5.41, 5.74) is 4.01. The van der Waals surface area contributed by atoms with Crippen molar-refractivity contribution in [2.45, 2.75) is 12.8 Å². The number of anilines is 1. The number of amides is 2. The number of piperazine rings is 1. The van der Waals surface area contributed by atoms with Gasteiger partial charge in [-0.15, -0.1) is 0 Å². The lowest BCUT2D eigenvalue weighted by molar-refractivity contribution is -0.116. The van der Waals surface area contributed by atoms with Crippen LogP contribution < -0.4 is 5.32 Å². The maximum Gasteiger partial charge on any atom is 0.253 e. The molecular formula is C22H24N4O3. The third-order valence-electron chi connectivity index (χ3n) is 5.51. The Kier molecular flexibility index (Phi) is 5.57. The number of nitrogens with one attached hydrogen (secondary N) is 1. The molecule has 4 rings (SSSR count). The van der Waals surface area contributed by atoms with Crippen LogP contribution in [0.25, 0.3) is 0 Å². The summed E-state index contributed by atoms with van der Waals surface area (Å²) >= 11 is 0. The van der Waals surface area contributed by atoms with E-state index in [1.54, 1.807) is 6.07 Å². The van der Waals surface area contributed by atoms with E-state index in [0.717, 1.165) is 29.9 Å². The molecule has 0 bridgehead atoms. The van der Waals surface area contributed by atoms with Gasteiger partial charge in [0, 0.05) is 56.0 Å². The van der Waals surface area contributed by atoms with E-state index in [-0.39, 0.29) is 11.8 Å². The number of fused-ring (bicyclic) bond motifs is 1. The molecular weight excluding hydrogens is 368 g/mol. The standard InChI is InChI=1S/C22H24N4O3/c27-21-9-7-17-14-18(6-8-19(17)23-21)22(28)26-12-10-25(11-13-26)15-20(24-29)16-4-2-1-3-5-16/h1-6,8,14,29H,7,9-13,15H2,(H,23,27). The van der Waals surface area contributed by atoms with Crippen LogP contribution in [0.15, 0.2) is 53.7 Å². The van der Waals surface area contributed by atoms with Gasteiger partial charge in [0.25, 0.3) is 5.91 Å². The summed E-state index contributed by atoms with van der Waals surface area (Å²) in [4.78, 5) is 28.5. The minimum atomic E-state index is 0.0171. The van der Waals surface area contributed by atoms with Crippen LogP contribution in [0, 0.1) is 0 Å². The van der Waals surface area contributed by atoms with Crippen molar-refractivity contribution in [2.24, 2.45) is 5.16 Å². The van der Waals surface area contributed by atoms with Gasteiger partial charge < -0.3 is 15.4 Å². The molecule has 0 spiro atoms. The third kappa shape index (κ3) is 4.30. The Labute approximate surface area is 169 Å². The summed E-state index contributed by atoms with van der Waals surface area (Å²) in [6.07, 6.45) is 1.12. The number of nitrogens with zero attached hydrogens (tertiary/aromatic N) is 3. The molecule has 7 nitrogen and oxygen atoms in total. The molecule has 0 saturated carbocycles. The number of carbonyl (C=O) groups excluding carboxylic acids is 2. The molecule has 0 atom stereocenters. The van der Waals surface area contributed by atoms with Gasteiger partial charge in [0.15, 0.2) is 0 Å². The molecule has 2 aromatic rings. The summed E-state index contributed by atoms with van der Waals surface area (Å²) in [5.74, 6) is 0.0393. The van der Waals surface area contributed by atoms with Gasteiger partial charge in [0.1, 0.15) is 5.71 Å². The monoisotopic (exact) mass is 392 g/mol. The third-order valence-corrected chi connectivity index (χ3v) is 5.51. The molecule has 2 heterocycles. The second-order valence-corrected chi connectivity index (χ2v) is 7.40. The molecule has 150 valence electrons. The van der Waals surface area contributed by atoms with Crippen molar-refractivity contribution in [1.29, 1.82) is 0 Å². The molecule has 2 amide bonds. The van der Waals surface area contributed by atoms with Crippen molar-refractivity contribution in [3.63, 3.8) is 0 Å². The molecule has 0 aliphatic carbocycles. The lowest BCUT2D eigenvalue weighted by Crippen LogP contribution is -2.50. The Bertz CT molecular complexity index is 934. The van der Waals surface area contributed by atoms with Gasteiger partial charge in [0.05, 0.1) is 0 Å². The van der Waals surface area contributed by atoms with Crippen LogP contribution in [-0.2, 0) is 11.2 Å². The maximum absolute atomic E-state index is 12.9. The SMILES string of the molecule is O=C1CCc2cc(C(=O)N3CCN(CC(=NO)c4ccccc4)CC3)ccc2N1. The number of hydrogen-bond acceptors (Lipinski definition) is 5. The number of oxime groups is 1. The Morgan fingerprint density at radius 3 is 2.48 bits per heavy atom. The van der Waals surface area contributed by atoms with Crippen LogP contribution in [-0.4, -0.2) is 65.3 Å². The summed E-state index contributed by atoms with van der Waals surface area (Å²) < 4.78 is 0. The molecule has 2 aliphatic heterocycles. The largest absolute Gasteiger partial charge is 0.411 e. The number of benzene rings is 2. The van der Waals surface area contributed by atoms with E-state index < -0.39 is 0 Å². The van der Waals surface area contributed by atoms with Crippen molar-refractivity contribution >= 4 is 23.2 Å². The van der Waals surface area contributed by atoms with Crippen LogP contribution in [0.5, 0.6) is 0 Å². The average Bonchev–Trinajstić information content (AvgIpc) is 2.77. The Hall–Kier alpha value is -3.19. The fraction of sp³-hybridized carbons (Fsp3) is 0.318. The smallest absolute Gasteiger partial charge is 0.253 e. The Balaban J connectivity index is 1.36. The van der Waals surface area contributed by atoms with Gasteiger partial charge in [-0.2, -0.15) is 0 Å². The average molecular weight is 392 g/mol. The normalized spacial score (nSPS) is 17.6. The molecule has 1 fully saturated rings. The van der Waals surface area contributed by atoms with Gasteiger partial charge in [-0.25, -0.2) is 0 Å². The van der Waals surface area contributed by atoms with Crippen LogP contribution in [0.1, 0.15) is 27.9 Å². The fourth-order valence-corrected chi connectivity index (χ4v) is 3.83. The van der Waals surface area contributed by atoms with E-state index in [2.05, 4.69) is 15.4 Å². The topological polar surface area (TPSA) is 85.2 Å². The highest BCUT2D eigenvalue weighted by molar-refractivity contribution is 6.01. The van der Waals surface area contributed by atoms with E-state index in [0.29, 0.717) is 43.8 Å². The molecule has 0 aromatic heterocycles. The first-order valence-electron chi connectivity index (χ1n) is 9.85. The predicted molar refractivity (Wildman–Crippen MR) is 111 cm³/mol. The van der Waals surface area contributed by atoms with Gasteiger partial charge in [0.2, 0.25) is 5.91 Å². The predicted octanol–water partition coefficient (Wildman–Crippen LogP) is 2.21. The van der Waals surface area contributed by atoms with Crippen LogP contribution >= 0.6 is 0 Å². The molecule has 29 heavy (non-hydrogen) atoms. The zero-order chi connectivity index (χ0) is 20.2. The number of hydrogen-bond donors (Lipinski definition) is 2. The number of carbonyl (C=O) groups is 2. The first kappa shape index (κ1) is 19.1. The van der Waals surface area contributed by atoms with Gasteiger partial charge >= 0.3 is 0 Å². The van der Waals surface area contributed by atoms with Crippen molar-refractivity contribution in [1.82, 2.24) is 9.80 Å². The van der Waals surface area contributed by atoms with E-state index >= 15 is 0 Å². The highest BCUT2D eigenvalue weighted by atomic mass is 16.4. The zero-order valence-electron chi connectivity index (χ0n) is 16.2. The van der Waals surface area contributed by atoms with Crippen LogP contribution in [0.3, 0.4) is 0 Å². The summed E-state index contributed by atoms with van der Waals surface area (Å²) in [6.45, 7) is 3.23. The van der Waals surface area contributed by atoms with E-state index in [4.69, 9.17) is 0 Å². The van der Waals surface area contributed by atoms with Crippen molar-refractivity contribution in [3.05, 3.63) is 65.2 Å². The highest BCUT2D eigenvalue weighted by Crippen LogP contribution is 2.24. The lowest BCUT2D eigenvalue weighted by Gasteiger charge is -2.35. The summed E-state index contributed by atoms with van der Waals surface area (Å²) in [7, 11) is 0. The molecule has 7 heteroatoms. The van der Waals surface area contributed by atoms with Gasteiger partial charge in [-0.05, 0) is 30.2 Å². The van der Waals surface area contributed by atoms with E-state index in [9.17, 15) is 14.8 Å². The zero-order valence-corrected chi connectivity index (χ0v) is 16.2. The second-order valence-electron chi connectivity index (χ2n) is 7.40. The first-order valence-corrected chi connectivity index (χ1v) is 9.85. The van der Waals surface area contributed by atoms with E-state index in [1.807, 2.05) is 47.4 Å². The second kappa shape index (κ2) is 8.45. The molecule has 2 N–H and O–H groups in total. The van der Waals surface area contributed by atoms with Crippen molar-refractivity contribution in [2.75, 3.05) is 38.0 Å². The Morgan fingerprint density at radius 1 is 1.00 bits per heavy atom. The first-order chi connectivity index (χ1) is 14.1. The minimum absolute atomic E-state index is 0.0171. The van der Waals surface area contributed by atoms with Crippen molar-refractivity contribution < 1.29 is 14.8 Å². The lowest BCUT2D eigenvalue weighted by atomic mass is 10.00. The molecule has 1 saturated heterocycles. The minimum Gasteiger partial charge on any atom is -0.411 e. The number of rotatable bonds is 4. The van der Waals surface area contributed by atoms with E-state index in [1.165, 1.54) is 0 Å². The maximum atomic E-state index is 12.9. The van der Waals surface area contributed by atoms with Gasteiger partial charge in [-0.3, -0.25) is 14.5 Å². The Morgan fingerprint density at radius 2 is 1.76 bits per heavy atom. The van der Waals surface area contributed by atoms with Crippen LogP contribution in [0.4, 0.5) is 5.69 Å². The summed E-state index contributed by atoms with van der Waals surface area (Å²) in [6, 6.07) is 15.1. The van der Waals surface area contributed by atoms with Gasteiger partial charge in [-0.1, -0.05) is 35.5 Å². The van der Waals surface area contributed by atoms with Crippen molar-refractivity contribution in [3.8, 4) is 0 Å². The molecule has 0 radical (unpaired) electrons. The van der Waals surface area contributed by atoms with Crippen LogP contribution in [0.2, 0.25) is 0 Å². The summed E-state index contributed by atoms with van der Waals surface area (Å²) in [5, 5.41) is 15.7. The molecule has 2 aromatic carbocycles. The fourth-order valence-electron chi connectivity index (χ4n) is 3.83. The highest BCUT2D eigenvalue weighted by Gasteiger charge is 2.24.